The van der Waals surface area contributed by atoms with Crippen LogP contribution in [0.5, 0.6) is 5.75 Å². The molecule has 1 aliphatic rings. The van der Waals surface area contributed by atoms with Crippen LogP contribution in [0.2, 0.25) is 0 Å². The molecule has 0 radical (unpaired) electrons. The highest BCUT2D eigenvalue weighted by molar-refractivity contribution is 5.93. The Hall–Kier alpha value is -3.00. The van der Waals surface area contributed by atoms with Gasteiger partial charge in [-0.05, 0) is 31.5 Å². The average Bonchev–Trinajstić information content (AvgIpc) is 3.05. The van der Waals surface area contributed by atoms with Gasteiger partial charge in [0.2, 0.25) is 0 Å². The third-order valence-electron chi connectivity index (χ3n) is 4.82. The van der Waals surface area contributed by atoms with Gasteiger partial charge in [0.25, 0.3) is 5.91 Å². The first kappa shape index (κ1) is 17.4. The van der Waals surface area contributed by atoms with Gasteiger partial charge in [0.1, 0.15) is 5.75 Å². The van der Waals surface area contributed by atoms with E-state index in [0.29, 0.717) is 43.3 Å². The lowest BCUT2D eigenvalue weighted by molar-refractivity contribution is 0.0297. The number of methoxy groups -OCH3 is 1. The molecule has 0 unspecified atom stereocenters. The van der Waals surface area contributed by atoms with Crippen LogP contribution in [0, 0.1) is 13.8 Å². The van der Waals surface area contributed by atoms with Crippen molar-refractivity contribution in [2.75, 3.05) is 33.4 Å². The number of morpholine rings is 1. The molecule has 3 heterocycles. The number of ether oxygens (including phenoxy) is 2. The van der Waals surface area contributed by atoms with E-state index in [1.54, 1.807) is 16.5 Å². The number of carbonyl (C=O) groups excluding carboxylic acids is 1. The molecule has 0 atom stereocenters. The summed E-state index contributed by atoms with van der Waals surface area (Å²) in [4.78, 5) is 14.6. The maximum absolute atomic E-state index is 12.8. The molecule has 0 bridgehead atoms. The van der Waals surface area contributed by atoms with Gasteiger partial charge in [0.15, 0.2) is 11.3 Å². The summed E-state index contributed by atoms with van der Waals surface area (Å²) in [6.07, 6.45) is 0. The molecule has 0 saturated carbocycles. The molecule has 1 saturated heterocycles. The molecule has 140 valence electrons. The van der Waals surface area contributed by atoms with Crippen LogP contribution in [-0.2, 0) is 4.74 Å². The maximum atomic E-state index is 12.8. The van der Waals surface area contributed by atoms with Crippen LogP contribution in [0.25, 0.3) is 16.8 Å². The van der Waals surface area contributed by atoms with Crippen molar-refractivity contribution in [2.24, 2.45) is 0 Å². The summed E-state index contributed by atoms with van der Waals surface area (Å²) in [5.41, 5.74) is 4.35. The van der Waals surface area contributed by atoms with Crippen LogP contribution >= 0.6 is 0 Å². The Morgan fingerprint density at radius 1 is 1.11 bits per heavy atom. The van der Waals surface area contributed by atoms with Gasteiger partial charge in [-0.2, -0.15) is 5.10 Å². The van der Waals surface area contributed by atoms with E-state index in [1.165, 1.54) is 0 Å². The van der Waals surface area contributed by atoms with E-state index in [4.69, 9.17) is 9.47 Å². The number of amides is 1. The predicted octanol–water partition coefficient (Wildman–Crippen LogP) is 1.89. The number of carbonyl (C=O) groups is 1. The number of benzene rings is 1. The zero-order chi connectivity index (χ0) is 19.0. The van der Waals surface area contributed by atoms with Crippen molar-refractivity contribution in [3.05, 3.63) is 41.3 Å². The first-order valence-corrected chi connectivity index (χ1v) is 8.84. The molecule has 2 aromatic heterocycles. The minimum atomic E-state index is -0.135. The summed E-state index contributed by atoms with van der Waals surface area (Å²) in [5, 5.41) is 13.2. The summed E-state index contributed by atoms with van der Waals surface area (Å²) < 4.78 is 12.2. The van der Waals surface area contributed by atoms with E-state index >= 15 is 0 Å². The molecular weight excluding hydrogens is 346 g/mol. The zero-order valence-corrected chi connectivity index (χ0v) is 15.6. The highest BCUT2D eigenvalue weighted by Gasteiger charge is 2.25. The molecule has 3 aromatic rings. The normalized spacial score (nSPS) is 14.6. The lowest BCUT2D eigenvalue weighted by Gasteiger charge is -2.26. The van der Waals surface area contributed by atoms with Gasteiger partial charge in [0.05, 0.1) is 37.3 Å². The van der Waals surface area contributed by atoms with Crippen molar-refractivity contribution in [3.8, 4) is 16.9 Å². The third kappa shape index (κ3) is 3.02. The Morgan fingerprint density at radius 3 is 2.48 bits per heavy atom. The van der Waals surface area contributed by atoms with Gasteiger partial charge in [-0.15, -0.1) is 10.2 Å². The number of nitrogens with zero attached hydrogens (tertiary/aromatic N) is 5. The predicted molar refractivity (Wildman–Crippen MR) is 99.0 cm³/mol. The van der Waals surface area contributed by atoms with Crippen molar-refractivity contribution in [1.29, 1.82) is 0 Å². The number of rotatable bonds is 3. The minimum absolute atomic E-state index is 0.135. The van der Waals surface area contributed by atoms with E-state index in [0.717, 1.165) is 22.6 Å². The van der Waals surface area contributed by atoms with Gasteiger partial charge >= 0.3 is 0 Å². The third-order valence-corrected chi connectivity index (χ3v) is 4.82. The van der Waals surface area contributed by atoms with Gasteiger partial charge < -0.3 is 14.4 Å². The second-order valence-corrected chi connectivity index (χ2v) is 6.46. The second kappa shape index (κ2) is 6.96. The van der Waals surface area contributed by atoms with Gasteiger partial charge in [-0.3, -0.25) is 4.79 Å². The zero-order valence-electron chi connectivity index (χ0n) is 15.6. The molecule has 1 aromatic carbocycles. The molecule has 0 N–H and O–H groups in total. The standard InChI is InChI=1S/C19H21N5O3/c1-12-16(14-4-6-15(26-3)7-5-14)18-21-20-17(13(2)24(18)22-12)19(25)23-8-10-27-11-9-23/h4-7H,8-11H2,1-3H3. The number of aryl methyl sites for hydroxylation is 2. The summed E-state index contributed by atoms with van der Waals surface area (Å²) in [6, 6.07) is 7.73. The molecule has 27 heavy (non-hydrogen) atoms. The maximum Gasteiger partial charge on any atom is 0.276 e. The summed E-state index contributed by atoms with van der Waals surface area (Å²) in [7, 11) is 1.64. The number of fused-ring (bicyclic) bond motifs is 1. The Morgan fingerprint density at radius 2 is 1.81 bits per heavy atom. The molecule has 1 amide bonds. The monoisotopic (exact) mass is 367 g/mol. The van der Waals surface area contributed by atoms with Crippen LogP contribution in [0.1, 0.15) is 21.9 Å². The van der Waals surface area contributed by atoms with Crippen molar-refractivity contribution in [1.82, 2.24) is 24.7 Å². The van der Waals surface area contributed by atoms with Crippen LogP contribution < -0.4 is 4.74 Å². The number of hydrogen-bond donors (Lipinski definition) is 0. The number of aromatic nitrogens is 4. The van der Waals surface area contributed by atoms with E-state index in [2.05, 4.69) is 15.3 Å². The van der Waals surface area contributed by atoms with E-state index in [1.807, 2.05) is 38.1 Å². The van der Waals surface area contributed by atoms with E-state index in [9.17, 15) is 4.79 Å². The molecule has 0 spiro atoms. The lowest BCUT2D eigenvalue weighted by Crippen LogP contribution is -2.41. The topological polar surface area (TPSA) is 81.9 Å². The van der Waals surface area contributed by atoms with Gasteiger partial charge in [0, 0.05) is 13.1 Å². The Bertz CT molecular complexity index is 991. The molecule has 1 aliphatic heterocycles. The van der Waals surface area contributed by atoms with Crippen LogP contribution in [0.4, 0.5) is 0 Å². The fraction of sp³-hybridized carbons (Fsp3) is 0.368. The highest BCUT2D eigenvalue weighted by atomic mass is 16.5. The van der Waals surface area contributed by atoms with Crippen LogP contribution in [0.3, 0.4) is 0 Å². The molecular formula is C19H21N5O3. The van der Waals surface area contributed by atoms with Gasteiger partial charge in [-0.25, -0.2) is 4.52 Å². The van der Waals surface area contributed by atoms with Gasteiger partial charge in [-0.1, -0.05) is 12.1 Å². The summed E-state index contributed by atoms with van der Waals surface area (Å²) in [5.74, 6) is 0.651. The smallest absolute Gasteiger partial charge is 0.276 e. The largest absolute Gasteiger partial charge is 0.497 e. The summed E-state index contributed by atoms with van der Waals surface area (Å²) in [6.45, 7) is 5.99. The fourth-order valence-corrected chi connectivity index (χ4v) is 3.32. The molecule has 8 heteroatoms. The summed E-state index contributed by atoms with van der Waals surface area (Å²) >= 11 is 0. The molecule has 4 rings (SSSR count). The second-order valence-electron chi connectivity index (χ2n) is 6.46. The van der Waals surface area contributed by atoms with Crippen molar-refractivity contribution < 1.29 is 14.3 Å². The molecule has 1 fully saturated rings. The molecule has 0 aliphatic carbocycles. The average molecular weight is 367 g/mol. The van der Waals surface area contributed by atoms with Crippen LogP contribution in [-0.4, -0.2) is 64.0 Å². The van der Waals surface area contributed by atoms with E-state index in [-0.39, 0.29) is 5.91 Å². The Labute approximate surface area is 156 Å². The van der Waals surface area contributed by atoms with Crippen LogP contribution in [0.15, 0.2) is 24.3 Å². The van der Waals surface area contributed by atoms with Crippen molar-refractivity contribution in [3.63, 3.8) is 0 Å². The lowest BCUT2D eigenvalue weighted by atomic mass is 10.1. The highest BCUT2D eigenvalue weighted by Crippen LogP contribution is 2.29. The van der Waals surface area contributed by atoms with E-state index < -0.39 is 0 Å². The Balaban J connectivity index is 1.77. The number of hydrogen-bond acceptors (Lipinski definition) is 6. The first-order valence-electron chi connectivity index (χ1n) is 8.84. The SMILES string of the molecule is COc1ccc(-c2c(C)nn3c(C)c(C(=O)N4CCOCC4)nnc23)cc1. The first-order chi connectivity index (χ1) is 13.1. The molecule has 8 nitrogen and oxygen atoms in total. The quantitative estimate of drug-likeness (QED) is 0.703. The Kier molecular flexibility index (Phi) is 4.49. The minimum Gasteiger partial charge on any atom is -0.497 e. The van der Waals surface area contributed by atoms with Crippen molar-refractivity contribution in [2.45, 2.75) is 13.8 Å². The fourth-order valence-electron chi connectivity index (χ4n) is 3.32. The van der Waals surface area contributed by atoms with Crippen molar-refractivity contribution >= 4 is 11.6 Å².